The van der Waals surface area contributed by atoms with Crippen molar-refractivity contribution in [2.75, 3.05) is 25.2 Å². The lowest BCUT2D eigenvalue weighted by Crippen LogP contribution is -2.63. The number of anilines is 1. The van der Waals surface area contributed by atoms with Gasteiger partial charge >= 0.3 is 0 Å². The Morgan fingerprint density at radius 1 is 1.07 bits per heavy atom. The molecule has 1 aliphatic carbocycles. The van der Waals surface area contributed by atoms with E-state index in [0.717, 1.165) is 43.4 Å². The molecule has 1 saturated carbocycles. The van der Waals surface area contributed by atoms with E-state index in [1.165, 1.54) is 0 Å². The average Bonchev–Trinajstić information content (AvgIpc) is 2.75. The standard InChI is InChI=1S/C24H28N2O3/c1-29-17-16-25-22(27)21-19-12-6-7-13-20(19)23(28)26(18-10-4-2-5-11-18)24(21)14-8-3-9-15-24/h2,4-7,10-13,21H,3,8-9,14-17H2,1H3,(H,25,27). The van der Waals surface area contributed by atoms with E-state index in [1.807, 2.05) is 59.5 Å². The average molecular weight is 392 g/mol. The molecule has 1 atom stereocenters. The van der Waals surface area contributed by atoms with E-state index in [1.54, 1.807) is 7.11 Å². The van der Waals surface area contributed by atoms with E-state index >= 15 is 0 Å². The predicted octanol–water partition coefficient (Wildman–Crippen LogP) is 3.90. The fourth-order valence-electron chi connectivity index (χ4n) is 5.08. The summed E-state index contributed by atoms with van der Waals surface area (Å²) in [5.74, 6) is -0.423. The number of ether oxygens (including phenoxy) is 1. The second-order valence-electron chi connectivity index (χ2n) is 7.94. The minimum Gasteiger partial charge on any atom is -0.383 e. The molecule has 4 rings (SSSR count). The highest BCUT2D eigenvalue weighted by molar-refractivity contribution is 6.12. The molecule has 1 spiro atoms. The van der Waals surface area contributed by atoms with Crippen molar-refractivity contribution in [3.8, 4) is 0 Å². The number of hydrogen-bond donors (Lipinski definition) is 1. The number of rotatable bonds is 5. The zero-order valence-electron chi connectivity index (χ0n) is 16.9. The first-order chi connectivity index (χ1) is 14.2. The van der Waals surface area contributed by atoms with Gasteiger partial charge < -0.3 is 15.0 Å². The Balaban J connectivity index is 1.86. The van der Waals surface area contributed by atoms with Crippen LogP contribution in [0.1, 0.15) is 53.9 Å². The summed E-state index contributed by atoms with van der Waals surface area (Å²) in [5, 5.41) is 3.05. The molecule has 2 amide bonds. The molecule has 5 heteroatoms. The molecule has 0 bridgehead atoms. The largest absolute Gasteiger partial charge is 0.383 e. The lowest BCUT2D eigenvalue weighted by atomic mass is 9.65. The molecule has 0 saturated heterocycles. The minimum absolute atomic E-state index is 0.00496. The smallest absolute Gasteiger partial charge is 0.259 e. The van der Waals surface area contributed by atoms with E-state index < -0.39 is 11.5 Å². The summed E-state index contributed by atoms with van der Waals surface area (Å²) in [5.41, 5.74) is 1.80. The Kier molecular flexibility index (Phi) is 5.67. The van der Waals surface area contributed by atoms with Gasteiger partial charge in [-0.3, -0.25) is 9.59 Å². The van der Waals surface area contributed by atoms with Crippen LogP contribution < -0.4 is 10.2 Å². The van der Waals surface area contributed by atoms with Crippen LogP contribution in [0.4, 0.5) is 5.69 Å². The molecule has 1 aliphatic heterocycles. The monoisotopic (exact) mass is 392 g/mol. The molecule has 29 heavy (non-hydrogen) atoms. The molecule has 2 aromatic carbocycles. The number of carbonyl (C=O) groups excluding carboxylic acids is 2. The summed E-state index contributed by atoms with van der Waals surface area (Å²) in [6.45, 7) is 0.928. The maximum Gasteiger partial charge on any atom is 0.259 e. The van der Waals surface area contributed by atoms with Crippen LogP contribution in [0.5, 0.6) is 0 Å². The summed E-state index contributed by atoms with van der Waals surface area (Å²) in [6.07, 6.45) is 4.81. The zero-order valence-corrected chi connectivity index (χ0v) is 16.9. The van der Waals surface area contributed by atoms with Crippen molar-refractivity contribution in [3.05, 3.63) is 65.7 Å². The third-order valence-electron chi connectivity index (χ3n) is 6.29. The number of fused-ring (bicyclic) bond motifs is 1. The Bertz CT molecular complexity index is 875. The molecule has 0 radical (unpaired) electrons. The van der Waals surface area contributed by atoms with Crippen molar-refractivity contribution in [1.82, 2.24) is 5.32 Å². The first-order valence-electron chi connectivity index (χ1n) is 10.4. The third-order valence-corrected chi connectivity index (χ3v) is 6.29. The van der Waals surface area contributed by atoms with Crippen molar-refractivity contribution in [1.29, 1.82) is 0 Å². The molecule has 2 aliphatic rings. The van der Waals surface area contributed by atoms with Gasteiger partial charge in [-0.05, 0) is 36.6 Å². The quantitative estimate of drug-likeness (QED) is 0.785. The van der Waals surface area contributed by atoms with E-state index in [0.29, 0.717) is 18.7 Å². The molecule has 1 N–H and O–H groups in total. The van der Waals surface area contributed by atoms with Crippen molar-refractivity contribution in [2.45, 2.75) is 43.6 Å². The number of benzene rings is 2. The van der Waals surface area contributed by atoms with Gasteiger partial charge in [-0.1, -0.05) is 55.7 Å². The Labute approximate surface area is 172 Å². The van der Waals surface area contributed by atoms with Crippen molar-refractivity contribution < 1.29 is 14.3 Å². The molecule has 152 valence electrons. The summed E-state index contributed by atoms with van der Waals surface area (Å²) in [6, 6.07) is 17.4. The number of carbonyl (C=O) groups is 2. The van der Waals surface area contributed by atoms with E-state index in [9.17, 15) is 9.59 Å². The molecule has 0 aromatic heterocycles. The van der Waals surface area contributed by atoms with Crippen LogP contribution in [0.2, 0.25) is 0 Å². The first-order valence-corrected chi connectivity index (χ1v) is 10.4. The fourth-order valence-corrected chi connectivity index (χ4v) is 5.08. The molecule has 1 unspecified atom stereocenters. The number of hydrogen-bond acceptors (Lipinski definition) is 3. The van der Waals surface area contributed by atoms with Crippen LogP contribution in [0.25, 0.3) is 0 Å². The molecule has 5 nitrogen and oxygen atoms in total. The van der Waals surface area contributed by atoms with Gasteiger partial charge in [0.25, 0.3) is 5.91 Å². The molecule has 2 aromatic rings. The Morgan fingerprint density at radius 3 is 2.48 bits per heavy atom. The van der Waals surface area contributed by atoms with Gasteiger partial charge in [0.05, 0.1) is 18.1 Å². The molecular weight excluding hydrogens is 364 g/mol. The van der Waals surface area contributed by atoms with Gasteiger partial charge in [0.15, 0.2) is 0 Å². The van der Waals surface area contributed by atoms with Crippen LogP contribution in [0, 0.1) is 0 Å². The van der Waals surface area contributed by atoms with Gasteiger partial charge in [0.1, 0.15) is 0 Å². The lowest BCUT2D eigenvalue weighted by molar-refractivity contribution is -0.124. The van der Waals surface area contributed by atoms with Crippen LogP contribution in [0.15, 0.2) is 54.6 Å². The number of amides is 2. The Morgan fingerprint density at radius 2 is 1.76 bits per heavy atom. The van der Waals surface area contributed by atoms with Gasteiger partial charge in [-0.25, -0.2) is 0 Å². The second kappa shape index (κ2) is 8.37. The van der Waals surface area contributed by atoms with Crippen molar-refractivity contribution in [3.63, 3.8) is 0 Å². The number of methoxy groups -OCH3 is 1. The highest BCUT2D eigenvalue weighted by atomic mass is 16.5. The number of nitrogens with zero attached hydrogens (tertiary/aromatic N) is 1. The van der Waals surface area contributed by atoms with Gasteiger partial charge in [-0.15, -0.1) is 0 Å². The Hall–Kier alpha value is -2.66. The summed E-state index contributed by atoms with van der Waals surface area (Å²) >= 11 is 0. The summed E-state index contributed by atoms with van der Waals surface area (Å²) in [7, 11) is 1.63. The van der Waals surface area contributed by atoms with Gasteiger partial charge in [0, 0.05) is 24.9 Å². The highest BCUT2D eigenvalue weighted by Gasteiger charge is 2.55. The lowest BCUT2D eigenvalue weighted by Gasteiger charge is -2.53. The predicted molar refractivity (Wildman–Crippen MR) is 113 cm³/mol. The highest BCUT2D eigenvalue weighted by Crippen LogP contribution is 2.50. The van der Waals surface area contributed by atoms with Crippen molar-refractivity contribution in [2.24, 2.45) is 0 Å². The first kappa shape index (κ1) is 19.6. The maximum absolute atomic E-state index is 13.7. The van der Waals surface area contributed by atoms with E-state index in [-0.39, 0.29) is 11.8 Å². The van der Waals surface area contributed by atoms with Crippen LogP contribution in [-0.2, 0) is 9.53 Å². The number of nitrogens with one attached hydrogen (secondary N) is 1. The second-order valence-corrected chi connectivity index (χ2v) is 7.94. The maximum atomic E-state index is 13.7. The van der Waals surface area contributed by atoms with Gasteiger partial charge in [0.2, 0.25) is 5.91 Å². The normalized spacial score (nSPS) is 20.4. The topological polar surface area (TPSA) is 58.6 Å². The van der Waals surface area contributed by atoms with E-state index in [4.69, 9.17) is 4.74 Å². The SMILES string of the molecule is COCCNC(=O)C1c2ccccc2C(=O)N(c2ccccc2)C12CCCCC2. The minimum atomic E-state index is -0.539. The molecular formula is C24H28N2O3. The van der Waals surface area contributed by atoms with Crippen LogP contribution >= 0.6 is 0 Å². The molecule has 1 fully saturated rings. The zero-order chi connectivity index (χ0) is 20.3. The summed E-state index contributed by atoms with van der Waals surface area (Å²) < 4.78 is 5.11. The third kappa shape index (κ3) is 3.44. The fraction of sp³-hybridized carbons (Fsp3) is 0.417. The van der Waals surface area contributed by atoms with Gasteiger partial charge in [-0.2, -0.15) is 0 Å². The molecule has 1 heterocycles. The summed E-state index contributed by atoms with van der Waals surface area (Å²) in [4.78, 5) is 29.1. The number of para-hydroxylation sites is 1. The van der Waals surface area contributed by atoms with Crippen LogP contribution in [-0.4, -0.2) is 37.6 Å². The van der Waals surface area contributed by atoms with Crippen LogP contribution in [0.3, 0.4) is 0 Å². The van der Waals surface area contributed by atoms with Crippen molar-refractivity contribution >= 4 is 17.5 Å². The van der Waals surface area contributed by atoms with E-state index in [2.05, 4.69) is 5.32 Å².